The maximum Gasteiger partial charge on any atom is 0.256 e. The first-order valence-corrected chi connectivity index (χ1v) is 9.06. The van der Waals surface area contributed by atoms with Gasteiger partial charge in [-0.25, -0.2) is 4.85 Å². The minimum absolute atomic E-state index is 0.181. The quantitative estimate of drug-likeness (QED) is 0.499. The van der Waals surface area contributed by atoms with E-state index in [-0.39, 0.29) is 28.1 Å². The summed E-state index contributed by atoms with van der Waals surface area (Å²) in [6.07, 6.45) is -6.41. The lowest BCUT2D eigenvalue weighted by molar-refractivity contribution is 0.244. The van der Waals surface area contributed by atoms with Crippen molar-refractivity contribution in [1.82, 2.24) is 15.5 Å². The van der Waals surface area contributed by atoms with Gasteiger partial charge in [0.25, 0.3) is 5.89 Å². The van der Waals surface area contributed by atoms with Gasteiger partial charge in [-0.05, 0) is 68.8 Å². The third kappa shape index (κ3) is 3.94. The van der Waals surface area contributed by atoms with Gasteiger partial charge in [0.05, 0.1) is 20.9 Å². The number of benzene rings is 2. The molecule has 0 fully saturated rings. The summed E-state index contributed by atoms with van der Waals surface area (Å²) in [7, 11) is 0. The van der Waals surface area contributed by atoms with Crippen LogP contribution in [0.3, 0.4) is 0 Å². The zero-order valence-electron chi connectivity index (χ0n) is 29.4. The van der Waals surface area contributed by atoms with Crippen LogP contribution >= 0.6 is 0 Å². The van der Waals surface area contributed by atoms with Crippen LogP contribution in [0.4, 0.5) is 5.69 Å². The van der Waals surface area contributed by atoms with Crippen LogP contribution in [-0.4, -0.2) is 22.7 Å². The first kappa shape index (κ1) is 9.76. The Labute approximate surface area is 195 Å². The Balaban J connectivity index is 1.96. The molecule has 0 unspecified atom stereocenters. The predicted octanol–water partition coefficient (Wildman–Crippen LogP) is 5.73. The molecular weight excluding hydrogens is 376 g/mol. The third-order valence-electron chi connectivity index (χ3n) is 4.07. The van der Waals surface area contributed by atoms with Crippen LogP contribution in [0, 0.1) is 6.57 Å². The average Bonchev–Trinajstić information content (AvgIpc) is 3.40. The molecule has 0 saturated heterocycles. The summed E-state index contributed by atoms with van der Waals surface area (Å²) < 4.78 is 120. The number of fused-ring (bicyclic) bond motifs is 1. The number of hydrogen-bond donors (Lipinski definition) is 1. The Morgan fingerprint density at radius 3 is 3.10 bits per heavy atom. The SMILES string of the molecule is [2H]c1c([2H])c(-c2noc(-c3c([2H])c([2H])c(OC(C)C)c([N+]#[C-])c3[2H])n2)c2c(c1[2H])[C@@]([2H])(NC([2H])([2H])C([2H])([2H])C)C([2H])([2H])C2. The molecule has 2 aromatic carbocycles. The van der Waals surface area contributed by atoms with Gasteiger partial charge in [0.2, 0.25) is 11.5 Å². The lowest BCUT2D eigenvalue weighted by Crippen LogP contribution is -2.19. The van der Waals surface area contributed by atoms with E-state index in [1.807, 2.05) is 0 Å². The number of nitrogens with zero attached hydrogens (tertiary/aromatic N) is 3. The van der Waals surface area contributed by atoms with Crippen molar-refractivity contribution in [3.63, 3.8) is 0 Å². The van der Waals surface area contributed by atoms with E-state index >= 15 is 0 Å². The summed E-state index contributed by atoms with van der Waals surface area (Å²) in [5.74, 6) is -1.20. The van der Waals surface area contributed by atoms with E-state index < -0.39 is 91.3 Å². The van der Waals surface area contributed by atoms with E-state index in [1.165, 1.54) is 0 Å². The normalized spacial score (nSPS) is 26.6. The average molecular weight is 416 g/mol. The second kappa shape index (κ2) is 8.68. The molecule has 0 amide bonds. The highest BCUT2D eigenvalue weighted by Crippen LogP contribution is 2.38. The Bertz CT molecular complexity index is 1680. The summed E-state index contributed by atoms with van der Waals surface area (Å²) in [4.78, 5) is 7.43. The molecule has 6 nitrogen and oxygen atoms in total. The molecule has 1 atom stereocenters. The van der Waals surface area contributed by atoms with Gasteiger partial charge >= 0.3 is 0 Å². The fraction of sp³-hybridized carbons (Fsp3) is 0.375. The van der Waals surface area contributed by atoms with Crippen molar-refractivity contribution in [1.29, 1.82) is 0 Å². The molecule has 6 heteroatoms. The number of hydrogen-bond acceptors (Lipinski definition) is 5. The summed E-state index contributed by atoms with van der Waals surface area (Å²) in [5, 5.41) is 5.87. The monoisotopic (exact) mass is 415 g/mol. The number of aromatic nitrogens is 2. The predicted molar refractivity (Wildman–Crippen MR) is 117 cm³/mol. The number of nitrogens with one attached hydrogen (secondary N) is 1. The van der Waals surface area contributed by atoms with Crippen LogP contribution in [-0.2, 0) is 6.42 Å². The highest BCUT2D eigenvalue weighted by Gasteiger charge is 2.26. The summed E-state index contributed by atoms with van der Waals surface area (Å²) in [5.41, 5.74) is -1.77. The van der Waals surface area contributed by atoms with Gasteiger partial charge in [-0.15, -0.1) is 0 Å². The zero-order chi connectivity index (χ0) is 32.6. The Morgan fingerprint density at radius 2 is 2.33 bits per heavy atom. The minimum Gasteiger partial charge on any atom is -0.502 e. The van der Waals surface area contributed by atoms with Crippen LogP contribution in [0.5, 0.6) is 5.75 Å². The molecular formula is C24H26N4O2. The largest absolute Gasteiger partial charge is 0.502 e. The first-order valence-electron chi connectivity index (χ1n) is 15.6. The second-order valence-corrected chi connectivity index (χ2v) is 6.46. The molecule has 1 aliphatic carbocycles. The van der Waals surface area contributed by atoms with E-state index in [4.69, 9.17) is 33.7 Å². The lowest BCUT2D eigenvalue weighted by atomic mass is 10.0. The molecule has 0 bridgehead atoms. The van der Waals surface area contributed by atoms with Gasteiger partial charge in [-0.1, -0.05) is 30.2 Å². The molecule has 1 N–H and O–H groups in total. The van der Waals surface area contributed by atoms with E-state index in [2.05, 4.69) is 20.3 Å². The van der Waals surface area contributed by atoms with Crippen LogP contribution < -0.4 is 10.1 Å². The van der Waals surface area contributed by atoms with Crippen LogP contribution in [0.1, 0.15) is 68.5 Å². The molecule has 1 aromatic heterocycles. The molecule has 1 aliphatic rings. The Kier molecular flexibility index (Phi) is 2.82. The smallest absolute Gasteiger partial charge is 0.256 e. The van der Waals surface area contributed by atoms with Crippen molar-refractivity contribution in [3.8, 4) is 28.6 Å². The van der Waals surface area contributed by atoms with Crippen molar-refractivity contribution in [2.75, 3.05) is 6.50 Å². The van der Waals surface area contributed by atoms with E-state index in [0.29, 0.717) is 0 Å². The number of rotatable bonds is 7. The van der Waals surface area contributed by atoms with Crippen molar-refractivity contribution in [3.05, 3.63) is 58.8 Å². The maximum absolute atomic E-state index is 8.97. The highest BCUT2D eigenvalue weighted by atomic mass is 16.5. The van der Waals surface area contributed by atoms with Gasteiger partial charge < -0.3 is 14.6 Å². The molecule has 0 saturated carbocycles. The molecule has 1 heterocycles. The Morgan fingerprint density at radius 1 is 1.47 bits per heavy atom. The van der Waals surface area contributed by atoms with Gasteiger partial charge in [0.1, 0.15) is 5.75 Å². The van der Waals surface area contributed by atoms with Gasteiger partial charge in [0, 0.05) is 26.7 Å². The second-order valence-electron chi connectivity index (χ2n) is 6.46. The molecule has 0 radical (unpaired) electrons. The fourth-order valence-electron chi connectivity index (χ4n) is 2.83. The molecule has 0 spiro atoms. The molecule has 30 heavy (non-hydrogen) atoms. The number of ether oxygens (including phenoxy) is 1. The molecule has 154 valence electrons. The van der Waals surface area contributed by atoms with Gasteiger partial charge in [0.15, 0.2) is 0 Å². The third-order valence-corrected chi connectivity index (χ3v) is 4.07. The minimum atomic E-state index is -2.97. The topological polar surface area (TPSA) is 64.5 Å². The van der Waals surface area contributed by atoms with Crippen LogP contribution in [0.15, 0.2) is 40.8 Å². The van der Waals surface area contributed by atoms with E-state index in [0.717, 1.165) is 6.92 Å². The van der Waals surface area contributed by atoms with Crippen molar-refractivity contribution in [2.45, 2.75) is 52.1 Å². The maximum atomic E-state index is 8.97. The van der Waals surface area contributed by atoms with Crippen molar-refractivity contribution >= 4 is 5.69 Å². The van der Waals surface area contributed by atoms with Crippen molar-refractivity contribution < 1.29 is 27.1 Å². The van der Waals surface area contributed by atoms with E-state index in [1.54, 1.807) is 13.8 Å². The van der Waals surface area contributed by atoms with Gasteiger partial charge in [-0.3, -0.25) is 0 Å². The lowest BCUT2D eigenvalue weighted by Gasteiger charge is -2.13. The highest BCUT2D eigenvalue weighted by molar-refractivity contribution is 5.70. The summed E-state index contributed by atoms with van der Waals surface area (Å²) >= 11 is 0. The summed E-state index contributed by atoms with van der Waals surface area (Å²) in [6, 6.07) is -6.54. The fourth-order valence-corrected chi connectivity index (χ4v) is 2.83. The van der Waals surface area contributed by atoms with Crippen LogP contribution in [0.25, 0.3) is 27.7 Å². The first-order chi connectivity index (χ1) is 19.6. The van der Waals surface area contributed by atoms with Crippen LogP contribution in [0.2, 0.25) is 0 Å². The van der Waals surface area contributed by atoms with E-state index in [9.17, 15) is 0 Å². The summed E-state index contributed by atoms with van der Waals surface area (Å²) in [6.45, 7) is 8.73. The standard InChI is InChI=1S/C24H26N4O2/c1-5-13-26-20-11-10-17-18(20)7-6-8-19(17)23-27-24(30-28-23)16-9-12-22(29-15(2)3)21(14-16)25-4/h6-9,12,14-15,20,26H,5,10-11,13H2,1-3H3/t20-/m0/s1/i5D2,6D,7D,8D,9D,11D2,12D,13D2,14D,20D. The molecule has 0 aliphatic heterocycles. The van der Waals surface area contributed by atoms with Crippen molar-refractivity contribution in [2.24, 2.45) is 0 Å². The van der Waals surface area contributed by atoms with Gasteiger partial charge in [-0.2, -0.15) is 4.98 Å². The molecule has 3 aromatic rings. The molecule has 4 rings (SSSR count). The Hall–Kier alpha value is -3.17. The zero-order valence-corrected chi connectivity index (χ0v) is 16.4.